The molecular weight excluding hydrogens is 304 g/mol. The van der Waals surface area contributed by atoms with Crippen LogP contribution in [0.4, 0.5) is 0 Å². The van der Waals surface area contributed by atoms with E-state index in [1.54, 1.807) is 36.2 Å². The van der Waals surface area contributed by atoms with Crippen LogP contribution in [0.15, 0.2) is 30.3 Å². The quantitative estimate of drug-likeness (QED) is 0.861. The van der Waals surface area contributed by atoms with Crippen LogP contribution in [0.25, 0.3) is 0 Å². The molecular formula is C19H28N2O3. The Bertz CT molecular complexity index is 592. The van der Waals surface area contributed by atoms with Gasteiger partial charge in [0.2, 0.25) is 5.91 Å². The number of amides is 1. The average Bonchev–Trinajstić information content (AvgIpc) is 2.81. The zero-order valence-corrected chi connectivity index (χ0v) is 15.4. The first kappa shape index (κ1) is 18.5. The van der Waals surface area contributed by atoms with Crippen LogP contribution in [0.5, 0.6) is 0 Å². The third-order valence-electron chi connectivity index (χ3n) is 4.40. The van der Waals surface area contributed by atoms with E-state index in [4.69, 9.17) is 4.74 Å². The van der Waals surface area contributed by atoms with Crippen molar-refractivity contribution in [2.24, 2.45) is 11.3 Å². The number of rotatable bonds is 4. The monoisotopic (exact) mass is 332 g/mol. The van der Waals surface area contributed by atoms with Crippen LogP contribution >= 0.6 is 0 Å². The molecule has 1 N–H and O–H groups in total. The fraction of sp³-hybridized carbons (Fsp3) is 0.579. The molecule has 132 valence electrons. The molecule has 5 nitrogen and oxygen atoms in total. The predicted molar refractivity (Wildman–Crippen MR) is 93.4 cm³/mol. The molecule has 0 aromatic heterocycles. The molecule has 0 aliphatic carbocycles. The number of ether oxygens (including phenoxy) is 1. The minimum absolute atomic E-state index is 0.0197. The van der Waals surface area contributed by atoms with Crippen molar-refractivity contribution < 1.29 is 14.3 Å². The molecule has 2 rings (SSSR count). The van der Waals surface area contributed by atoms with E-state index in [0.29, 0.717) is 5.56 Å². The number of nitrogens with one attached hydrogen (secondary N) is 1. The number of likely N-dealkylation sites (N-methyl/N-ethyl adjacent to an activating group) is 1. The van der Waals surface area contributed by atoms with E-state index in [1.807, 2.05) is 19.9 Å². The highest BCUT2D eigenvalue weighted by atomic mass is 16.5. The predicted octanol–water partition coefficient (Wildman–Crippen LogP) is 2.67. The zero-order valence-electron chi connectivity index (χ0n) is 15.4. The summed E-state index contributed by atoms with van der Waals surface area (Å²) in [6.07, 6.45) is -0.605. The summed E-state index contributed by atoms with van der Waals surface area (Å²) in [6, 6.07) is 8.35. The van der Waals surface area contributed by atoms with Crippen LogP contribution in [-0.4, -0.2) is 42.1 Å². The lowest BCUT2D eigenvalue weighted by atomic mass is 9.92. The summed E-state index contributed by atoms with van der Waals surface area (Å²) in [5.74, 6) is -0.411. The van der Waals surface area contributed by atoms with E-state index in [1.165, 1.54) is 0 Å². The third-order valence-corrected chi connectivity index (χ3v) is 4.40. The number of hydrogen-bond acceptors (Lipinski definition) is 4. The molecule has 1 heterocycles. The fourth-order valence-electron chi connectivity index (χ4n) is 3.12. The van der Waals surface area contributed by atoms with Crippen LogP contribution in [0.3, 0.4) is 0 Å². The fourth-order valence-corrected chi connectivity index (χ4v) is 3.12. The Labute approximate surface area is 144 Å². The van der Waals surface area contributed by atoms with Crippen LogP contribution in [0, 0.1) is 11.3 Å². The molecule has 1 fully saturated rings. The molecule has 1 aliphatic heterocycles. The molecule has 3 atom stereocenters. The van der Waals surface area contributed by atoms with Gasteiger partial charge in [-0.15, -0.1) is 0 Å². The van der Waals surface area contributed by atoms with Crippen LogP contribution in [-0.2, 0) is 9.53 Å². The van der Waals surface area contributed by atoms with Gasteiger partial charge in [0.25, 0.3) is 0 Å². The van der Waals surface area contributed by atoms with Crippen molar-refractivity contribution in [2.45, 2.75) is 52.9 Å². The topological polar surface area (TPSA) is 58.6 Å². The molecule has 0 spiro atoms. The molecule has 1 aromatic rings. The van der Waals surface area contributed by atoms with Crippen LogP contribution in [0.1, 0.15) is 45.0 Å². The molecule has 0 saturated carbocycles. The Morgan fingerprint density at radius 1 is 1.21 bits per heavy atom. The van der Waals surface area contributed by atoms with Gasteiger partial charge in [0.15, 0.2) is 0 Å². The summed E-state index contributed by atoms with van der Waals surface area (Å²) in [6.45, 7) is 10.2. The standard InChI is InChI=1S/C19H28N2O3/c1-12(2)15(24-17(23)13-10-8-7-9-11-13)14-16(22)21(6)18(20-14)19(3,4)5/h7-12,14-15,18,20H,1-6H3/t14-,15+,18+/m0/s1. The molecule has 0 unspecified atom stereocenters. The maximum atomic E-state index is 12.7. The maximum Gasteiger partial charge on any atom is 0.338 e. The number of carbonyl (C=O) groups is 2. The second kappa shape index (κ2) is 6.93. The van der Waals surface area contributed by atoms with Gasteiger partial charge in [-0.2, -0.15) is 0 Å². The van der Waals surface area contributed by atoms with Crippen molar-refractivity contribution >= 4 is 11.9 Å². The highest BCUT2D eigenvalue weighted by Crippen LogP contribution is 2.29. The van der Waals surface area contributed by atoms with E-state index in [2.05, 4.69) is 26.1 Å². The van der Waals surface area contributed by atoms with E-state index >= 15 is 0 Å². The Morgan fingerprint density at radius 3 is 2.25 bits per heavy atom. The molecule has 0 radical (unpaired) electrons. The first-order chi connectivity index (χ1) is 11.1. The van der Waals surface area contributed by atoms with Gasteiger partial charge in [-0.3, -0.25) is 10.1 Å². The Kier molecular flexibility index (Phi) is 5.33. The van der Waals surface area contributed by atoms with Crippen LogP contribution in [0.2, 0.25) is 0 Å². The van der Waals surface area contributed by atoms with E-state index < -0.39 is 18.1 Å². The number of nitrogens with zero attached hydrogens (tertiary/aromatic N) is 1. The molecule has 1 aliphatic rings. The number of hydrogen-bond donors (Lipinski definition) is 1. The van der Waals surface area contributed by atoms with Crippen molar-refractivity contribution in [3.05, 3.63) is 35.9 Å². The summed E-state index contributed by atoms with van der Waals surface area (Å²) < 4.78 is 5.71. The van der Waals surface area contributed by atoms with Crippen molar-refractivity contribution in [3.63, 3.8) is 0 Å². The highest BCUT2D eigenvalue weighted by molar-refractivity contribution is 5.90. The lowest BCUT2D eigenvalue weighted by molar-refractivity contribution is -0.132. The summed E-state index contributed by atoms with van der Waals surface area (Å²) in [4.78, 5) is 26.8. The highest BCUT2D eigenvalue weighted by Gasteiger charge is 2.47. The Morgan fingerprint density at radius 2 is 1.79 bits per heavy atom. The van der Waals surface area contributed by atoms with Crippen LogP contribution < -0.4 is 5.32 Å². The number of carbonyl (C=O) groups excluding carboxylic acids is 2. The van der Waals surface area contributed by atoms with E-state index in [0.717, 1.165) is 0 Å². The second-order valence-corrected chi connectivity index (χ2v) is 7.84. The Balaban J connectivity index is 2.19. The van der Waals surface area contributed by atoms with E-state index in [-0.39, 0.29) is 23.4 Å². The van der Waals surface area contributed by atoms with Gasteiger partial charge in [0, 0.05) is 7.05 Å². The van der Waals surface area contributed by atoms with Gasteiger partial charge in [0.05, 0.1) is 11.7 Å². The van der Waals surface area contributed by atoms with Crippen molar-refractivity contribution in [3.8, 4) is 0 Å². The average molecular weight is 332 g/mol. The van der Waals surface area contributed by atoms with E-state index in [9.17, 15) is 9.59 Å². The van der Waals surface area contributed by atoms with Crippen molar-refractivity contribution in [1.82, 2.24) is 10.2 Å². The molecule has 5 heteroatoms. The largest absolute Gasteiger partial charge is 0.456 e. The molecule has 1 saturated heterocycles. The lowest BCUT2D eigenvalue weighted by Gasteiger charge is -2.32. The minimum Gasteiger partial charge on any atom is -0.456 e. The third kappa shape index (κ3) is 3.78. The molecule has 1 amide bonds. The summed E-state index contributed by atoms with van der Waals surface area (Å²) >= 11 is 0. The molecule has 24 heavy (non-hydrogen) atoms. The molecule has 1 aromatic carbocycles. The minimum atomic E-state index is -0.521. The first-order valence-corrected chi connectivity index (χ1v) is 8.41. The van der Waals surface area contributed by atoms with Gasteiger partial charge in [-0.25, -0.2) is 4.79 Å². The van der Waals surface area contributed by atoms with Gasteiger partial charge in [0.1, 0.15) is 12.1 Å². The maximum absolute atomic E-state index is 12.7. The molecule has 0 bridgehead atoms. The van der Waals surface area contributed by atoms with Gasteiger partial charge in [-0.1, -0.05) is 52.8 Å². The second-order valence-electron chi connectivity index (χ2n) is 7.84. The normalized spacial score (nSPS) is 22.8. The smallest absolute Gasteiger partial charge is 0.338 e. The number of esters is 1. The SMILES string of the molecule is CC(C)[C@@H](OC(=O)c1ccccc1)[C@@H]1N[C@@H](C(C)(C)C)N(C)C1=O. The van der Waals surface area contributed by atoms with Crippen molar-refractivity contribution in [2.75, 3.05) is 7.05 Å². The first-order valence-electron chi connectivity index (χ1n) is 8.41. The van der Waals surface area contributed by atoms with Gasteiger partial charge >= 0.3 is 5.97 Å². The summed E-state index contributed by atoms with van der Waals surface area (Å²) in [5, 5.41) is 3.37. The summed E-state index contributed by atoms with van der Waals surface area (Å²) in [7, 11) is 1.79. The zero-order chi connectivity index (χ0) is 18.1. The summed E-state index contributed by atoms with van der Waals surface area (Å²) in [5.41, 5.74) is 0.388. The van der Waals surface area contributed by atoms with Gasteiger partial charge in [-0.05, 0) is 23.5 Å². The van der Waals surface area contributed by atoms with Crippen molar-refractivity contribution in [1.29, 1.82) is 0 Å². The lowest BCUT2D eigenvalue weighted by Crippen LogP contribution is -2.49. The van der Waals surface area contributed by atoms with Gasteiger partial charge < -0.3 is 9.64 Å². The Hall–Kier alpha value is -1.88. The number of benzene rings is 1.